The fourth-order valence-electron chi connectivity index (χ4n) is 9.10. The summed E-state index contributed by atoms with van der Waals surface area (Å²) in [5.41, 5.74) is 10.6. The summed E-state index contributed by atoms with van der Waals surface area (Å²) in [6.07, 6.45) is 1.90. The summed E-state index contributed by atoms with van der Waals surface area (Å²) < 4.78 is 22.3. The van der Waals surface area contributed by atoms with E-state index >= 15 is 0 Å². The van der Waals surface area contributed by atoms with Crippen LogP contribution < -0.4 is 28.9 Å². The molecule has 324 valence electrons. The second-order valence-electron chi connectivity index (χ2n) is 18.7. The SMILES string of the molecule is CC(C)(C)c1cc(Oc2[c-]c3c(cc2)c2ccccc2n3-c2cc(C(C)(C)C)ccn2)[c-]c(N2[CH-]N(c3cc4c5c(c3)Oc3ccccc3N5c3ccccc3O4)c3ccccc32)c1.[Pt]. The van der Waals surface area contributed by atoms with Gasteiger partial charge in [0.15, 0.2) is 23.0 Å². The van der Waals surface area contributed by atoms with Crippen LogP contribution in [-0.2, 0) is 31.9 Å². The zero-order valence-electron chi connectivity index (χ0n) is 36.8. The van der Waals surface area contributed by atoms with Gasteiger partial charge in [0.25, 0.3) is 0 Å². The van der Waals surface area contributed by atoms with Gasteiger partial charge in [-0.3, -0.25) is 4.90 Å². The molecule has 0 atom stereocenters. The zero-order valence-corrected chi connectivity index (χ0v) is 39.1. The first-order chi connectivity index (χ1) is 31.0. The van der Waals surface area contributed by atoms with E-state index in [-0.39, 0.29) is 31.9 Å². The van der Waals surface area contributed by atoms with Gasteiger partial charge < -0.3 is 28.6 Å². The van der Waals surface area contributed by atoms with Crippen molar-refractivity contribution in [1.82, 2.24) is 9.55 Å². The summed E-state index contributed by atoms with van der Waals surface area (Å²) >= 11 is 0. The quantitative estimate of drug-likeness (QED) is 0.159. The van der Waals surface area contributed by atoms with Crippen molar-refractivity contribution in [3.63, 3.8) is 0 Å². The molecule has 0 N–H and O–H groups in total. The van der Waals surface area contributed by atoms with Crippen molar-refractivity contribution in [3.8, 4) is 40.3 Å². The van der Waals surface area contributed by atoms with Crippen LogP contribution in [0, 0.1) is 18.8 Å². The molecular weight excluding hydrogens is 986 g/mol. The standard InChI is InChI=1S/C56H44N5O3.Pt/c1-55(2,3)35-25-26-57-53(29-35)60-43-16-8-7-15-41(43)42-24-23-39(33-48(42)60)62-40-28-36(56(4,5)6)27-37(30-40)58-34-59(45-18-10-9-17-44(45)58)38-31-51-54-52(32-38)64-50-22-14-12-20-47(50)61(54)46-19-11-13-21-49(46)63-51;/h7-29,31-32,34H,1-6H3;/q-3;. The molecule has 0 saturated carbocycles. The molecule has 0 unspecified atom stereocenters. The molecule has 0 amide bonds. The number of hydrogen-bond acceptors (Lipinski definition) is 7. The maximum atomic E-state index is 6.82. The maximum absolute atomic E-state index is 6.82. The number of rotatable bonds is 5. The van der Waals surface area contributed by atoms with E-state index < -0.39 is 0 Å². The minimum atomic E-state index is -0.195. The first-order valence-corrected chi connectivity index (χ1v) is 21.7. The van der Waals surface area contributed by atoms with Crippen LogP contribution in [0.25, 0.3) is 27.6 Å². The maximum Gasteiger partial charge on any atom is 0.157 e. The first kappa shape index (κ1) is 40.7. The van der Waals surface area contributed by atoms with Crippen molar-refractivity contribution in [2.24, 2.45) is 0 Å². The average molecular weight is 1030 g/mol. The topological polar surface area (TPSA) is 55.2 Å². The summed E-state index contributed by atoms with van der Waals surface area (Å²) in [7, 11) is 0. The van der Waals surface area contributed by atoms with Crippen LogP contribution in [0.5, 0.6) is 34.5 Å². The van der Waals surface area contributed by atoms with Gasteiger partial charge in [-0.25, -0.2) is 4.98 Å². The van der Waals surface area contributed by atoms with E-state index in [2.05, 4.69) is 183 Å². The Labute approximate surface area is 393 Å². The van der Waals surface area contributed by atoms with Crippen molar-refractivity contribution in [3.05, 3.63) is 182 Å². The van der Waals surface area contributed by atoms with Gasteiger partial charge in [-0.1, -0.05) is 102 Å². The number of para-hydroxylation sites is 7. The number of ether oxygens (including phenoxy) is 3. The third-order valence-electron chi connectivity index (χ3n) is 12.4. The Hall–Kier alpha value is -7.02. The normalized spacial score (nSPS) is 13.7. The predicted molar refractivity (Wildman–Crippen MR) is 256 cm³/mol. The van der Waals surface area contributed by atoms with Gasteiger partial charge in [0.1, 0.15) is 11.5 Å². The fourth-order valence-corrected chi connectivity index (χ4v) is 9.10. The Balaban J connectivity index is 0.00000469. The van der Waals surface area contributed by atoms with Gasteiger partial charge in [-0.15, -0.1) is 53.6 Å². The van der Waals surface area contributed by atoms with Crippen LogP contribution in [0.1, 0.15) is 52.7 Å². The van der Waals surface area contributed by atoms with E-state index in [0.29, 0.717) is 23.0 Å². The van der Waals surface area contributed by atoms with E-state index in [4.69, 9.17) is 19.2 Å². The number of benzene rings is 7. The van der Waals surface area contributed by atoms with Gasteiger partial charge in [0.05, 0.1) is 11.4 Å². The molecule has 12 rings (SSSR count). The Kier molecular flexibility index (Phi) is 9.42. The van der Waals surface area contributed by atoms with E-state index in [0.717, 1.165) is 84.5 Å². The van der Waals surface area contributed by atoms with Crippen molar-refractivity contribution < 1.29 is 35.3 Å². The second-order valence-corrected chi connectivity index (χ2v) is 18.7. The number of aromatic nitrogens is 2. The van der Waals surface area contributed by atoms with Crippen LogP contribution >= 0.6 is 0 Å². The molecular formula is C56H44N5O3Pt-3. The van der Waals surface area contributed by atoms with Crippen LogP contribution in [0.4, 0.5) is 39.8 Å². The molecule has 0 saturated heterocycles. The summed E-state index contributed by atoms with van der Waals surface area (Å²) in [5.74, 6) is 5.02. The van der Waals surface area contributed by atoms with E-state index in [1.54, 1.807) is 0 Å². The van der Waals surface area contributed by atoms with Gasteiger partial charge in [-0.05, 0) is 76.4 Å². The Morgan fingerprint density at radius 2 is 1.17 bits per heavy atom. The van der Waals surface area contributed by atoms with Crippen molar-refractivity contribution in [1.29, 1.82) is 0 Å². The van der Waals surface area contributed by atoms with Gasteiger partial charge in [0.2, 0.25) is 0 Å². The van der Waals surface area contributed by atoms with Crippen molar-refractivity contribution in [2.45, 2.75) is 52.4 Å². The molecule has 9 heteroatoms. The molecule has 5 heterocycles. The second kappa shape index (κ2) is 15.0. The molecule has 3 aliphatic heterocycles. The zero-order chi connectivity index (χ0) is 43.5. The predicted octanol–water partition coefficient (Wildman–Crippen LogP) is 15.3. The molecule has 2 aromatic heterocycles. The largest absolute Gasteiger partial charge is 0.509 e. The van der Waals surface area contributed by atoms with Crippen molar-refractivity contribution >= 4 is 61.6 Å². The van der Waals surface area contributed by atoms with E-state index in [1.807, 2.05) is 48.7 Å². The van der Waals surface area contributed by atoms with Crippen LogP contribution in [0.15, 0.2) is 152 Å². The number of nitrogens with zero attached hydrogens (tertiary/aromatic N) is 5. The first-order valence-electron chi connectivity index (χ1n) is 21.7. The third-order valence-corrected chi connectivity index (χ3v) is 12.4. The monoisotopic (exact) mass is 1030 g/mol. The van der Waals surface area contributed by atoms with Gasteiger partial charge >= 0.3 is 0 Å². The third kappa shape index (κ3) is 6.73. The molecule has 65 heavy (non-hydrogen) atoms. The molecule has 0 aliphatic carbocycles. The summed E-state index contributed by atoms with van der Waals surface area (Å²) in [5, 5.41) is 2.21. The fraction of sp³-hybridized carbons (Fsp3) is 0.143. The Morgan fingerprint density at radius 1 is 0.554 bits per heavy atom. The smallest absolute Gasteiger partial charge is 0.157 e. The van der Waals surface area contributed by atoms with Crippen molar-refractivity contribution in [2.75, 3.05) is 14.7 Å². The average Bonchev–Trinajstić information content (AvgIpc) is 3.84. The number of pyridine rings is 1. The van der Waals surface area contributed by atoms with E-state index in [1.165, 1.54) is 5.56 Å². The summed E-state index contributed by atoms with van der Waals surface area (Å²) in [6, 6.07) is 57.3. The molecule has 0 fully saturated rings. The van der Waals surface area contributed by atoms with Gasteiger partial charge in [-0.2, -0.15) is 6.07 Å². The van der Waals surface area contributed by atoms with Crippen LogP contribution in [0.2, 0.25) is 0 Å². The summed E-state index contributed by atoms with van der Waals surface area (Å²) in [6.45, 7) is 15.4. The molecule has 0 spiro atoms. The molecule has 7 aromatic carbocycles. The summed E-state index contributed by atoms with van der Waals surface area (Å²) in [4.78, 5) is 11.5. The molecule has 0 radical (unpaired) electrons. The Morgan fingerprint density at radius 3 is 1.85 bits per heavy atom. The number of anilines is 7. The minimum absolute atomic E-state index is 0. The molecule has 9 aromatic rings. The molecule has 8 nitrogen and oxygen atoms in total. The van der Waals surface area contributed by atoms with Crippen LogP contribution in [-0.4, -0.2) is 9.55 Å². The van der Waals surface area contributed by atoms with Gasteiger partial charge in [0, 0.05) is 73.5 Å². The van der Waals surface area contributed by atoms with Crippen LogP contribution in [0.3, 0.4) is 0 Å². The molecule has 0 bridgehead atoms. The van der Waals surface area contributed by atoms with E-state index in [9.17, 15) is 0 Å². The number of hydrogen-bond donors (Lipinski definition) is 0. The minimum Gasteiger partial charge on any atom is -0.509 e. The Bertz CT molecular complexity index is 3290. The molecule has 3 aliphatic rings. The number of fused-ring (bicyclic) bond motifs is 8.